The van der Waals surface area contributed by atoms with Crippen molar-refractivity contribution in [1.82, 2.24) is 21.3 Å². The number of carbonyl (C=O) groups excluding carboxylic acids is 7. The lowest BCUT2D eigenvalue weighted by Gasteiger charge is -2.25. The van der Waals surface area contributed by atoms with Gasteiger partial charge in [0.2, 0.25) is 23.6 Å². The van der Waals surface area contributed by atoms with E-state index in [0.29, 0.717) is 5.56 Å². The third-order valence-electron chi connectivity index (χ3n) is 7.49. The number of esters is 1. The van der Waals surface area contributed by atoms with Gasteiger partial charge < -0.3 is 46.9 Å². The maximum absolute atomic E-state index is 13.2. The van der Waals surface area contributed by atoms with Crippen LogP contribution in [0.15, 0.2) is 18.2 Å². The van der Waals surface area contributed by atoms with E-state index in [1.165, 1.54) is 18.2 Å². The Hall–Kier alpha value is -4.90. The van der Waals surface area contributed by atoms with Gasteiger partial charge in [-0.3, -0.25) is 38.4 Å². The zero-order chi connectivity index (χ0) is 39.4. The number of hydrogen-bond acceptors (Lipinski definition) is 11. The molecule has 2 unspecified atom stereocenters. The molecule has 5 amide bonds. The van der Waals surface area contributed by atoms with Gasteiger partial charge in [0, 0.05) is 55.1 Å². The number of carbonyl (C=O) groups is 8. The van der Waals surface area contributed by atoms with Crippen LogP contribution in [-0.4, -0.2) is 97.3 Å². The lowest BCUT2D eigenvalue weighted by atomic mass is 10.0. The molecule has 0 fully saturated rings. The summed E-state index contributed by atoms with van der Waals surface area (Å²) in [7, 11) is 0. The number of nitrogens with two attached hydrogens (primary N) is 1. The Morgan fingerprint density at radius 1 is 0.808 bits per heavy atom. The summed E-state index contributed by atoms with van der Waals surface area (Å²) in [5, 5.41) is 21.9. The molecule has 52 heavy (non-hydrogen) atoms. The van der Waals surface area contributed by atoms with Crippen LogP contribution in [-0.2, 0) is 49.6 Å². The van der Waals surface area contributed by atoms with Gasteiger partial charge in [0.1, 0.15) is 24.5 Å². The number of Topliss-reactive ketones (excluding diaryl/α,β-unsaturated/α-hetero) is 1. The predicted octanol–water partition coefficient (Wildman–Crippen LogP) is 0.641. The molecule has 0 aliphatic heterocycles. The van der Waals surface area contributed by atoms with Crippen molar-refractivity contribution in [2.24, 2.45) is 23.5 Å². The first-order valence-corrected chi connectivity index (χ1v) is 17.2. The van der Waals surface area contributed by atoms with E-state index < -0.39 is 72.4 Å². The van der Waals surface area contributed by atoms with Gasteiger partial charge in [0.15, 0.2) is 0 Å². The maximum atomic E-state index is 13.2. The molecule has 0 saturated heterocycles. The maximum Gasteiger partial charge on any atom is 0.308 e. The van der Waals surface area contributed by atoms with Crippen LogP contribution >= 0.6 is 0 Å². The van der Waals surface area contributed by atoms with Gasteiger partial charge in [-0.25, -0.2) is 0 Å². The van der Waals surface area contributed by atoms with Gasteiger partial charge >= 0.3 is 11.9 Å². The number of benzene rings is 1. The zero-order valence-corrected chi connectivity index (χ0v) is 30.8. The number of carboxylic acid groups (broad SMARTS) is 1. The van der Waals surface area contributed by atoms with Crippen molar-refractivity contribution in [3.8, 4) is 0 Å². The number of aliphatic carboxylic acids is 1. The van der Waals surface area contributed by atoms with Crippen molar-refractivity contribution in [3.63, 3.8) is 0 Å². The standard InChI is InChI=1S/C35H54N6O11/c1-20(2)27(42)11-15-51-16-12-28(43)40-26(9-10-30(45)46)33(48)41-31(21(3)4)34(49)38-18-29(44)39-24-8-7-23(19-52-35(50)22(5)6)25(17-24)32(47)37-14-13-36/h7-8,17,20-22,26,31H,9-16,18-19,36H2,1-6H3,(H,37,47)(H,38,49)(H,39,44)(H,40,43)(H,41,48)(H,45,46). The highest BCUT2D eigenvalue weighted by Crippen LogP contribution is 2.18. The molecule has 0 saturated carbocycles. The predicted molar refractivity (Wildman–Crippen MR) is 190 cm³/mol. The van der Waals surface area contributed by atoms with Gasteiger partial charge in [0.05, 0.1) is 25.7 Å². The average Bonchev–Trinajstić information content (AvgIpc) is 3.08. The molecule has 0 spiro atoms. The lowest BCUT2D eigenvalue weighted by Crippen LogP contribution is -2.56. The first-order valence-electron chi connectivity index (χ1n) is 17.2. The van der Waals surface area contributed by atoms with Gasteiger partial charge in [-0.2, -0.15) is 0 Å². The van der Waals surface area contributed by atoms with Crippen LogP contribution in [0, 0.1) is 17.8 Å². The molecule has 0 aliphatic rings. The number of rotatable bonds is 24. The van der Waals surface area contributed by atoms with E-state index in [1.807, 2.05) is 0 Å². The largest absolute Gasteiger partial charge is 0.481 e. The average molecular weight is 735 g/mol. The molecule has 1 aromatic carbocycles. The van der Waals surface area contributed by atoms with Crippen molar-refractivity contribution in [1.29, 1.82) is 0 Å². The molecule has 17 heteroatoms. The van der Waals surface area contributed by atoms with E-state index in [1.54, 1.807) is 41.5 Å². The second-order valence-corrected chi connectivity index (χ2v) is 13.0. The summed E-state index contributed by atoms with van der Waals surface area (Å²) in [6.45, 7) is 9.98. The highest BCUT2D eigenvalue weighted by molar-refractivity contribution is 6.00. The molecular formula is C35H54N6O11. The minimum Gasteiger partial charge on any atom is -0.481 e. The number of hydrogen-bond donors (Lipinski definition) is 7. The number of ketones is 1. The quantitative estimate of drug-likeness (QED) is 0.0570. The summed E-state index contributed by atoms with van der Waals surface area (Å²) in [5.74, 6) is -5.86. The Kier molecular flexibility index (Phi) is 20.4. The Bertz CT molecular complexity index is 1410. The van der Waals surface area contributed by atoms with E-state index in [0.717, 1.165) is 0 Å². The Morgan fingerprint density at radius 2 is 1.48 bits per heavy atom. The fraction of sp³-hybridized carbons (Fsp3) is 0.600. The number of carboxylic acids is 1. The molecule has 0 aromatic heterocycles. The first-order chi connectivity index (χ1) is 24.5. The number of nitrogens with one attached hydrogen (secondary N) is 5. The number of amides is 5. The SMILES string of the molecule is CC(C)C(=O)CCOCCC(=O)NC(CCC(=O)O)C(=O)NC(C(=O)NCC(=O)Nc1ccc(COC(=O)C(C)C)c(C(=O)NCCN)c1)C(C)C. The summed E-state index contributed by atoms with van der Waals surface area (Å²) in [6, 6.07) is 1.98. The molecule has 1 aromatic rings. The van der Waals surface area contributed by atoms with Crippen LogP contribution in [0.5, 0.6) is 0 Å². The summed E-state index contributed by atoms with van der Waals surface area (Å²) >= 11 is 0. The van der Waals surface area contributed by atoms with E-state index >= 15 is 0 Å². The molecule has 0 bridgehead atoms. The highest BCUT2D eigenvalue weighted by atomic mass is 16.5. The molecule has 17 nitrogen and oxygen atoms in total. The molecule has 0 heterocycles. The Balaban J connectivity index is 2.89. The second kappa shape index (κ2) is 23.6. The molecule has 0 aliphatic carbocycles. The van der Waals surface area contributed by atoms with Crippen LogP contribution in [0.25, 0.3) is 0 Å². The third kappa shape index (κ3) is 17.4. The van der Waals surface area contributed by atoms with Crippen molar-refractivity contribution in [3.05, 3.63) is 29.3 Å². The van der Waals surface area contributed by atoms with E-state index in [2.05, 4.69) is 26.6 Å². The molecule has 290 valence electrons. The third-order valence-corrected chi connectivity index (χ3v) is 7.49. The summed E-state index contributed by atoms with van der Waals surface area (Å²) < 4.78 is 10.6. The highest BCUT2D eigenvalue weighted by Gasteiger charge is 2.29. The first kappa shape index (κ1) is 45.1. The topological polar surface area (TPSA) is 261 Å². The Morgan fingerprint density at radius 3 is 2.08 bits per heavy atom. The molecule has 8 N–H and O–H groups in total. The van der Waals surface area contributed by atoms with Crippen LogP contribution in [0.4, 0.5) is 5.69 Å². The minimum atomic E-state index is -1.28. The van der Waals surface area contributed by atoms with Crippen molar-refractivity contribution in [2.75, 3.05) is 38.2 Å². The van der Waals surface area contributed by atoms with Gasteiger partial charge in [-0.05, 0) is 24.5 Å². The second-order valence-electron chi connectivity index (χ2n) is 13.0. The van der Waals surface area contributed by atoms with Gasteiger partial charge in [0.25, 0.3) is 5.91 Å². The van der Waals surface area contributed by atoms with Gasteiger partial charge in [-0.15, -0.1) is 0 Å². The van der Waals surface area contributed by atoms with Crippen molar-refractivity contribution >= 4 is 52.9 Å². The fourth-order valence-corrected chi connectivity index (χ4v) is 4.39. The lowest BCUT2D eigenvalue weighted by molar-refractivity contribution is -0.148. The molecule has 2 atom stereocenters. The molecular weight excluding hydrogens is 680 g/mol. The van der Waals surface area contributed by atoms with Crippen molar-refractivity contribution in [2.45, 2.75) is 85.9 Å². The fourth-order valence-electron chi connectivity index (χ4n) is 4.39. The van der Waals surface area contributed by atoms with Crippen LogP contribution in [0.3, 0.4) is 0 Å². The summed E-state index contributed by atoms with van der Waals surface area (Å²) in [5.41, 5.74) is 6.25. The smallest absolute Gasteiger partial charge is 0.308 e. The minimum absolute atomic E-state index is 0.0203. The van der Waals surface area contributed by atoms with Crippen LogP contribution in [0.2, 0.25) is 0 Å². The number of ether oxygens (including phenoxy) is 2. The van der Waals surface area contributed by atoms with Gasteiger partial charge in [-0.1, -0.05) is 47.6 Å². The monoisotopic (exact) mass is 734 g/mol. The molecule has 0 radical (unpaired) electrons. The Labute approximate surface area is 303 Å². The normalized spacial score (nSPS) is 12.1. The summed E-state index contributed by atoms with van der Waals surface area (Å²) in [4.78, 5) is 99.3. The van der Waals surface area contributed by atoms with E-state index in [-0.39, 0.29) is 81.0 Å². The summed E-state index contributed by atoms with van der Waals surface area (Å²) in [6.07, 6.45) is -0.643. The molecule has 1 rings (SSSR count). The van der Waals surface area contributed by atoms with E-state index in [4.69, 9.17) is 20.3 Å². The zero-order valence-electron chi connectivity index (χ0n) is 30.8. The van der Waals surface area contributed by atoms with Crippen molar-refractivity contribution < 1.29 is 52.9 Å². The van der Waals surface area contributed by atoms with Crippen LogP contribution < -0.4 is 32.3 Å². The van der Waals surface area contributed by atoms with E-state index in [9.17, 15) is 38.4 Å². The van der Waals surface area contributed by atoms with Crippen LogP contribution in [0.1, 0.15) is 83.1 Å². The number of anilines is 1.